The number of rotatable bonds is 3. The summed E-state index contributed by atoms with van der Waals surface area (Å²) in [5, 5.41) is 0.821. The van der Waals surface area contributed by atoms with E-state index >= 15 is 0 Å². The van der Waals surface area contributed by atoms with Crippen molar-refractivity contribution in [2.24, 2.45) is 5.92 Å². The minimum atomic E-state index is -0.611. The van der Waals surface area contributed by atoms with Crippen LogP contribution in [-0.2, 0) is 14.3 Å². The van der Waals surface area contributed by atoms with E-state index in [2.05, 4.69) is 0 Å². The van der Waals surface area contributed by atoms with Gasteiger partial charge in [-0.3, -0.25) is 14.4 Å². The molecule has 0 saturated carbocycles. The molecule has 114 valence electrons. The molecule has 1 aromatic rings. The molecule has 0 spiro atoms. The molecule has 6 nitrogen and oxygen atoms in total. The number of imide groups is 1. The van der Waals surface area contributed by atoms with Gasteiger partial charge < -0.3 is 9.47 Å². The Bertz CT molecular complexity index is 591. The quantitative estimate of drug-likeness (QED) is 0.438. The molecule has 0 aliphatic carbocycles. The summed E-state index contributed by atoms with van der Waals surface area (Å²) in [4.78, 5) is 29.9. The first-order valence-electron chi connectivity index (χ1n) is 6.86. The number of ether oxygens (including phenoxy) is 2. The van der Waals surface area contributed by atoms with Gasteiger partial charge in [0.25, 0.3) is 11.8 Å². The Balaban J connectivity index is 0.00000144. The van der Waals surface area contributed by atoms with Crippen molar-refractivity contribution >= 4 is 11.8 Å². The molecule has 2 saturated heterocycles. The minimum absolute atomic E-state index is 0. The fraction of sp³-hybridized carbons (Fsp3) is 0.400. The topological polar surface area (TPSA) is 65.1 Å². The smallest absolute Gasteiger partial charge is 0.285 e. The molecule has 2 bridgehead atoms. The molecule has 3 heterocycles. The van der Waals surface area contributed by atoms with Gasteiger partial charge in [0, 0.05) is 31.1 Å². The van der Waals surface area contributed by atoms with Crippen molar-refractivity contribution in [2.75, 3.05) is 13.2 Å². The van der Waals surface area contributed by atoms with Crippen LogP contribution >= 0.6 is 0 Å². The van der Waals surface area contributed by atoms with Gasteiger partial charge in [0.1, 0.15) is 6.61 Å². The molecule has 0 unspecified atom stereocenters. The number of amides is 2. The molecule has 3 aliphatic rings. The molecule has 0 aromatic heterocycles. The number of carbonyl (C=O) groups excluding carboxylic acids is 2. The van der Waals surface area contributed by atoms with Crippen LogP contribution in [0.15, 0.2) is 24.3 Å². The third kappa shape index (κ3) is 2.19. The van der Waals surface area contributed by atoms with Crippen molar-refractivity contribution in [2.45, 2.75) is 18.6 Å². The summed E-state index contributed by atoms with van der Waals surface area (Å²) in [7, 11) is 0. The molecule has 3 aliphatic heterocycles. The molecule has 0 N–H and O–H groups in total. The number of hydrogen-bond acceptors (Lipinski definition) is 5. The summed E-state index contributed by atoms with van der Waals surface area (Å²) in [5.41, 5.74) is 0.125. The second-order valence-electron chi connectivity index (χ2n) is 5.61. The summed E-state index contributed by atoms with van der Waals surface area (Å²) in [5.74, 6) is -0.734. The number of hydrogen-bond donors (Lipinski definition) is 0. The van der Waals surface area contributed by atoms with Crippen LogP contribution in [0, 0.1) is 43.6 Å². The van der Waals surface area contributed by atoms with E-state index in [-0.39, 0.29) is 49.7 Å². The van der Waals surface area contributed by atoms with Crippen molar-refractivity contribution in [1.82, 2.24) is 5.06 Å². The molecule has 1 aromatic carbocycles. The van der Waals surface area contributed by atoms with Gasteiger partial charge >= 0.3 is 0 Å². The molecular weight excluding hydrogens is 512 g/mol. The number of carbonyl (C=O) groups is 2. The maximum atomic E-state index is 12.2. The number of nitrogens with zero attached hydrogens (tertiary/aromatic N) is 1. The Morgan fingerprint density at radius 3 is 2.41 bits per heavy atom. The van der Waals surface area contributed by atoms with E-state index in [1.807, 2.05) is 6.92 Å². The summed E-state index contributed by atoms with van der Waals surface area (Å²) < 4.78 is 11.2. The van der Waals surface area contributed by atoms with Gasteiger partial charge in [0.2, 0.25) is 0 Å². The first-order valence-corrected chi connectivity index (χ1v) is 6.86. The zero-order chi connectivity index (χ0) is 14.6. The Labute approximate surface area is 151 Å². The predicted octanol–water partition coefficient (Wildman–Crippen LogP) is 1.18. The van der Waals surface area contributed by atoms with Gasteiger partial charge in [-0.15, -0.1) is 5.06 Å². The van der Waals surface area contributed by atoms with Gasteiger partial charge in [0.15, 0.2) is 0 Å². The maximum Gasteiger partial charge on any atom is 0.285 e. The molecule has 7 heteroatoms. The SMILES string of the molecule is C[C@H]1[C@@H]2[CH-]O[C@@]1(CON1C(=O)c3ccccc3C1=O)CO2.[U]. The molecule has 4 rings (SSSR count). The van der Waals surface area contributed by atoms with Gasteiger partial charge in [0.05, 0.1) is 23.3 Å². The van der Waals surface area contributed by atoms with Crippen LogP contribution < -0.4 is 0 Å². The van der Waals surface area contributed by atoms with Crippen LogP contribution in [0.5, 0.6) is 0 Å². The fourth-order valence-corrected chi connectivity index (χ4v) is 2.98. The van der Waals surface area contributed by atoms with E-state index in [4.69, 9.17) is 14.3 Å². The standard InChI is InChI=1S/C15H14NO5.U/c1-9-12-6-20-15(9,7-19-12)8-21-16-13(17)10-4-2-3-5-11(10)14(16)18;/h2-6,9,12H,7-8H2,1H3;/q-1;/t9-,12-,15+;/m0./s1. The van der Waals surface area contributed by atoms with E-state index < -0.39 is 17.4 Å². The Hall–Kier alpha value is -0.708. The van der Waals surface area contributed by atoms with Crippen LogP contribution in [-0.4, -0.2) is 41.8 Å². The second kappa shape index (κ2) is 5.73. The Morgan fingerprint density at radius 1 is 1.32 bits per heavy atom. The average molecular weight is 526 g/mol. The monoisotopic (exact) mass is 526 g/mol. The van der Waals surface area contributed by atoms with Crippen LogP contribution in [0.1, 0.15) is 27.6 Å². The largest absolute Gasteiger partial charge is 0.541 e. The van der Waals surface area contributed by atoms with Crippen molar-refractivity contribution < 1.29 is 55.0 Å². The molecular formula is C15H14NO5U-. The van der Waals surface area contributed by atoms with E-state index in [9.17, 15) is 9.59 Å². The number of fused-ring (bicyclic) bond motifs is 3. The number of benzene rings is 1. The van der Waals surface area contributed by atoms with Crippen LogP contribution in [0.2, 0.25) is 0 Å². The average Bonchev–Trinajstić information content (AvgIpc) is 3.08. The second-order valence-corrected chi connectivity index (χ2v) is 5.61. The van der Waals surface area contributed by atoms with Gasteiger partial charge in [-0.05, 0) is 24.2 Å². The van der Waals surface area contributed by atoms with Crippen molar-refractivity contribution in [1.29, 1.82) is 0 Å². The molecule has 2 amide bonds. The first-order chi connectivity index (χ1) is 10.1. The summed E-state index contributed by atoms with van der Waals surface area (Å²) >= 11 is 0. The summed E-state index contributed by atoms with van der Waals surface area (Å²) in [6.45, 7) is 4.16. The molecule has 0 radical (unpaired) electrons. The van der Waals surface area contributed by atoms with E-state index in [0.29, 0.717) is 17.7 Å². The van der Waals surface area contributed by atoms with Crippen molar-refractivity contribution in [3.63, 3.8) is 0 Å². The fourth-order valence-electron chi connectivity index (χ4n) is 2.98. The molecule has 2 fully saturated rings. The van der Waals surface area contributed by atoms with Crippen LogP contribution in [0.3, 0.4) is 0 Å². The predicted molar refractivity (Wildman–Crippen MR) is 69.9 cm³/mol. The van der Waals surface area contributed by atoms with Crippen molar-refractivity contribution in [3.8, 4) is 0 Å². The normalized spacial score (nSPS) is 32.3. The van der Waals surface area contributed by atoms with Crippen LogP contribution in [0.25, 0.3) is 0 Å². The van der Waals surface area contributed by atoms with Crippen molar-refractivity contribution in [3.05, 3.63) is 42.0 Å². The zero-order valence-corrected chi connectivity index (χ0v) is 16.1. The van der Waals surface area contributed by atoms with Crippen LogP contribution in [0.4, 0.5) is 0 Å². The summed E-state index contributed by atoms with van der Waals surface area (Å²) in [6, 6.07) is 6.68. The Kier molecular flexibility index (Phi) is 4.21. The van der Waals surface area contributed by atoms with Gasteiger partial charge in [-0.2, -0.15) is 6.61 Å². The van der Waals surface area contributed by atoms with E-state index in [1.54, 1.807) is 30.9 Å². The minimum Gasteiger partial charge on any atom is -0.541 e. The molecule has 22 heavy (non-hydrogen) atoms. The van der Waals surface area contributed by atoms with E-state index in [1.165, 1.54) is 0 Å². The molecule has 3 atom stereocenters. The third-order valence-corrected chi connectivity index (χ3v) is 4.47. The maximum absolute atomic E-state index is 12.2. The van der Waals surface area contributed by atoms with Gasteiger partial charge in [-0.25, -0.2) is 0 Å². The number of hydroxylamine groups is 2. The Morgan fingerprint density at radius 2 is 1.95 bits per heavy atom. The van der Waals surface area contributed by atoms with E-state index in [0.717, 1.165) is 5.06 Å². The zero-order valence-electron chi connectivity index (χ0n) is 11.9. The summed E-state index contributed by atoms with van der Waals surface area (Å²) in [6.07, 6.45) is -0.0456. The van der Waals surface area contributed by atoms with Gasteiger partial charge in [-0.1, -0.05) is 19.1 Å². The first kappa shape index (κ1) is 16.2. The third-order valence-electron chi connectivity index (χ3n) is 4.47.